The lowest BCUT2D eigenvalue weighted by Gasteiger charge is -2.14. The van der Waals surface area contributed by atoms with E-state index in [4.69, 9.17) is 9.47 Å². The van der Waals surface area contributed by atoms with Gasteiger partial charge in [0.15, 0.2) is 0 Å². The summed E-state index contributed by atoms with van der Waals surface area (Å²) in [6, 6.07) is 5.53. The van der Waals surface area contributed by atoms with E-state index in [-0.39, 0.29) is 71.7 Å². The second-order valence-corrected chi connectivity index (χ2v) is 9.58. The van der Waals surface area contributed by atoms with Crippen molar-refractivity contribution in [3.8, 4) is 34.1 Å². The molecule has 2 aromatic carbocycles. The zero-order valence-corrected chi connectivity index (χ0v) is 22.6. The van der Waals surface area contributed by atoms with Gasteiger partial charge in [-0.2, -0.15) is 0 Å². The van der Waals surface area contributed by atoms with E-state index in [2.05, 4.69) is 13.8 Å². The van der Waals surface area contributed by atoms with Crippen LogP contribution in [0.25, 0.3) is 11.1 Å². The summed E-state index contributed by atoms with van der Waals surface area (Å²) in [5, 5.41) is 42.3. The first-order valence-corrected chi connectivity index (χ1v) is 13.7. The lowest BCUT2D eigenvalue weighted by Crippen LogP contribution is -2.07. The summed E-state index contributed by atoms with van der Waals surface area (Å²) in [6.45, 7) is 4.97. The van der Waals surface area contributed by atoms with Gasteiger partial charge in [0.05, 0.1) is 24.3 Å². The molecule has 0 aliphatic heterocycles. The SMILES string of the molecule is CCCCCCOC(=O)CCc1cc(O)c(-c2c(O)cc(CCC(=O)OCCCCCC)cc2O)c(O)c1. The van der Waals surface area contributed by atoms with Crippen LogP contribution < -0.4 is 0 Å². The lowest BCUT2D eigenvalue weighted by molar-refractivity contribution is -0.144. The smallest absolute Gasteiger partial charge is 0.306 e. The van der Waals surface area contributed by atoms with Crippen molar-refractivity contribution in [3.63, 3.8) is 0 Å². The van der Waals surface area contributed by atoms with E-state index < -0.39 is 0 Å². The van der Waals surface area contributed by atoms with E-state index in [1.807, 2.05) is 0 Å². The summed E-state index contributed by atoms with van der Waals surface area (Å²) in [5.41, 5.74) is 0.770. The second kappa shape index (κ2) is 16.4. The highest BCUT2D eigenvalue weighted by atomic mass is 16.5. The van der Waals surface area contributed by atoms with Gasteiger partial charge in [-0.15, -0.1) is 0 Å². The van der Waals surface area contributed by atoms with Crippen molar-refractivity contribution in [2.75, 3.05) is 13.2 Å². The number of aromatic hydroxyl groups is 4. The number of phenolic OH excluding ortho intramolecular Hbond substituents is 4. The third-order valence-corrected chi connectivity index (χ3v) is 6.32. The van der Waals surface area contributed by atoms with Crippen LogP contribution in [0.1, 0.15) is 89.2 Å². The molecule has 0 bridgehead atoms. The zero-order valence-electron chi connectivity index (χ0n) is 22.6. The number of phenols is 4. The molecule has 0 aliphatic carbocycles. The number of carbonyl (C=O) groups is 2. The quantitative estimate of drug-likeness (QED) is 0.139. The fraction of sp³-hybridized carbons (Fsp3) is 0.533. The minimum atomic E-state index is -0.351. The van der Waals surface area contributed by atoms with Crippen molar-refractivity contribution < 1.29 is 39.5 Å². The number of esters is 2. The highest BCUT2D eigenvalue weighted by Gasteiger charge is 2.21. The van der Waals surface area contributed by atoms with E-state index in [0.29, 0.717) is 24.3 Å². The Morgan fingerprint density at radius 1 is 0.579 bits per heavy atom. The van der Waals surface area contributed by atoms with Crippen LogP contribution in [0.5, 0.6) is 23.0 Å². The van der Waals surface area contributed by atoms with Crippen LogP contribution in [0.3, 0.4) is 0 Å². The van der Waals surface area contributed by atoms with Crippen molar-refractivity contribution in [2.45, 2.75) is 90.9 Å². The molecule has 0 aromatic heterocycles. The van der Waals surface area contributed by atoms with Crippen molar-refractivity contribution >= 4 is 11.9 Å². The summed E-state index contributed by atoms with van der Waals surface area (Å²) in [7, 11) is 0. The van der Waals surface area contributed by atoms with E-state index >= 15 is 0 Å². The number of unbranched alkanes of at least 4 members (excludes halogenated alkanes) is 6. The summed E-state index contributed by atoms with van der Waals surface area (Å²) in [6.07, 6.45) is 8.78. The van der Waals surface area contributed by atoms with Gasteiger partial charge < -0.3 is 29.9 Å². The molecule has 210 valence electrons. The summed E-state index contributed by atoms with van der Waals surface area (Å²) < 4.78 is 10.4. The van der Waals surface area contributed by atoms with E-state index in [9.17, 15) is 30.0 Å². The molecule has 2 rings (SSSR count). The van der Waals surface area contributed by atoms with Crippen molar-refractivity contribution in [2.24, 2.45) is 0 Å². The third kappa shape index (κ3) is 10.1. The molecular weight excluding hydrogens is 488 g/mol. The molecule has 0 unspecified atom stereocenters. The number of hydrogen-bond acceptors (Lipinski definition) is 8. The van der Waals surface area contributed by atoms with Crippen LogP contribution in [-0.2, 0) is 31.9 Å². The van der Waals surface area contributed by atoms with Crippen LogP contribution >= 0.6 is 0 Å². The molecule has 0 atom stereocenters. The molecule has 4 N–H and O–H groups in total. The van der Waals surface area contributed by atoms with Crippen LogP contribution in [0.2, 0.25) is 0 Å². The monoisotopic (exact) mass is 530 g/mol. The number of hydrogen-bond donors (Lipinski definition) is 4. The Morgan fingerprint density at radius 2 is 0.921 bits per heavy atom. The van der Waals surface area contributed by atoms with Crippen molar-refractivity contribution in [1.82, 2.24) is 0 Å². The molecule has 0 aliphatic rings. The number of rotatable bonds is 17. The molecule has 38 heavy (non-hydrogen) atoms. The van der Waals surface area contributed by atoms with Gasteiger partial charge in [-0.05, 0) is 61.1 Å². The maximum Gasteiger partial charge on any atom is 0.306 e. The fourth-order valence-electron chi connectivity index (χ4n) is 4.20. The molecule has 0 saturated carbocycles. The number of ether oxygens (including phenoxy) is 2. The van der Waals surface area contributed by atoms with Gasteiger partial charge >= 0.3 is 11.9 Å². The Labute approximate surface area is 225 Å². The molecule has 0 amide bonds. The molecule has 8 heteroatoms. The fourth-order valence-corrected chi connectivity index (χ4v) is 4.20. The van der Waals surface area contributed by atoms with Crippen molar-refractivity contribution in [3.05, 3.63) is 35.4 Å². The average Bonchev–Trinajstić information content (AvgIpc) is 2.87. The lowest BCUT2D eigenvalue weighted by atomic mass is 9.96. The Kier molecular flexibility index (Phi) is 13.3. The Hall–Kier alpha value is -3.42. The first kappa shape index (κ1) is 30.8. The topological polar surface area (TPSA) is 134 Å². The minimum Gasteiger partial charge on any atom is -0.507 e. The van der Waals surface area contributed by atoms with Crippen LogP contribution in [0.4, 0.5) is 0 Å². The van der Waals surface area contributed by atoms with Gasteiger partial charge in [0, 0.05) is 12.8 Å². The standard InChI is InChI=1S/C30H42O8/c1-3-5-7-9-15-37-27(35)13-11-21-17-23(31)29(24(32)18-21)30-25(33)19-22(20-26(30)34)12-14-28(36)38-16-10-8-6-4-2/h17-20,31-34H,3-16H2,1-2H3. The van der Waals surface area contributed by atoms with Gasteiger partial charge in [0.1, 0.15) is 23.0 Å². The summed E-state index contributed by atoms with van der Waals surface area (Å²) in [4.78, 5) is 23.9. The summed E-state index contributed by atoms with van der Waals surface area (Å²) in [5.74, 6) is -2.10. The van der Waals surface area contributed by atoms with Crippen LogP contribution in [-0.4, -0.2) is 45.6 Å². The van der Waals surface area contributed by atoms with Gasteiger partial charge in [0.25, 0.3) is 0 Å². The molecule has 8 nitrogen and oxygen atoms in total. The molecule has 0 saturated heterocycles. The molecule has 0 fully saturated rings. The molecule has 0 radical (unpaired) electrons. The first-order chi connectivity index (χ1) is 18.3. The van der Waals surface area contributed by atoms with E-state index in [1.54, 1.807) is 0 Å². The van der Waals surface area contributed by atoms with Gasteiger partial charge in [-0.25, -0.2) is 0 Å². The third-order valence-electron chi connectivity index (χ3n) is 6.32. The minimum absolute atomic E-state index is 0.0956. The first-order valence-electron chi connectivity index (χ1n) is 13.7. The van der Waals surface area contributed by atoms with Crippen molar-refractivity contribution in [1.29, 1.82) is 0 Å². The number of benzene rings is 2. The summed E-state index contributed by atoms with van der Waals surface area (Å²) >= 11 is 0. The molecule has 0 spiro atoms. The number of aryl methyl sites for hydroxylation is 2. The highest BCUT2D eigenvalue weighted by Crippen LogP contribution is 2.47. The van der Waals surface area contributed by atoms with Crippen LogP contribution in [0.15, 0.2) is 24.3 Å². The Balaban J connectivity index is 1.98. The number of carbonyl (C=O) groups excluding carboxylic acids is 2. The normalized spacial score (nSPS) is 10.9. The van der Waals surface area contributed by atoms with Gasteiger partial charge in [0.2, 0.25) is 0 Å². The predicted octanol–water partition coefficient (Wildman–Crippen LogP) is 6.29. The zero-order chi connectivity index (χ0) is 27.9. The maximum atomic E-state index is 12.0. The van der Waals surface area contributed by atoms with E-state index in [0.717, 1.165) is 51.4 Å². The van der Waals surface area contributed by atoms with Gasteiger partial charge in [-0.1, -0.05) is 52.4 Å². The largest absolute Gasteiger partial charge is 0.507 e. The van der Waals surface area contributed by atoms with Gasteiger partial charge in [-0.3, -0.25) is 9.59 Å². The molecular formula is C30H42O8. The Morgan fingerprint density at radius 3 is 1.24 bits per heavy atom. The Bertz CT molecular complexity index is 917. The van der Waals surface area contributed by atoms with Crippen LogP contribution in [0, 0.1) is 0 Å². The van der Waals surface area contributed by atoms with E-state index in [1.165, 1.54) is 24.3 Å². The highest BCUT2D eigenvalue weighted by molar-refractivity contribution is 5.85. The second-order valence-electron chi connectivity index (χ2n) is 9.58. The maximum absolute atomic E-state index is 12.0. The molecule has 2 aromatic rings. The molecule has 0 heterocycles. The average molecular weight is 531 g/mol. The predicted molar refractivity (Wildman–Crippen MR) is 145 cm³/mol.